The maximum atomic E-state index is 13.2. The van der Waals surface area contributed by atoms with Crippen LogP contribution in [0.4, 0.5) is 5.69 Å². The fourth-order valence-corrected chi connectivity index (χ4v) is 4.49. The highest BCUT2D eigenvalue weighted by molar-refractivity contribution is 7.99. The van der Waals surface area contributed by atoms with Crippen molar-refractivity contribution in [1.82, 2.24) is 15.2 Å². The van der Waals surface area contributed by atoms with Gasteiger partial charge in [0.15, 0.2) is 11.5 Å². The number of thioether (sulfide) groups is 1. The zero-order valence-corrected chi connectivity index (χ0v) is 18.5. The van der Waals surface area contributed by atoms with Crippen LogP contribution < -0.4 is 14.4 Å². The molecule has 1 aromatic carbocycles. The van der Waals surface area contributed by atoms with Gasteiger partial charge in [-0.2, -0.15) is 0 Å². The molecule has 1 aliphatic heterocycles. The lowest BCUT2D eigenvalue weighted by atomic mass is 10.2. The lowest BCUT2D eigenvalue weighted by Crippen LogP contribution is -2.31. The molecule has 1 aliphatic rings. The molecule has 0 N–H and O–H groups in total. The Labute approximate surface area is 192 Å². The van der Waals surface area contributed by atoms with Gasteiger partial charge in [-0.15, -0.1) is 21.5 Å². The van der Waals surface area contributed by atoms with Gasteiger partial charge < -0.3 is 18.8 Å². The molecule has 0 fully saturated rings. The minimum Gasteiger partial charge on any atom is -0.486 e. The van der Waals surface area contributed by atoms with Crippen molar-refractivity contribution in [2.75, 3.05) is 23.9 Å². The van der Waals surface area contributed by atoms with Crippen LogP contribution in [-0.2, 0) is 11.3 Å². The van der Waals surface area contributed by atoms with Gasteiger partial charge in [0.1, 0.15) is 13.2 Å². The van der Waals surface area contributed by atoms with Gasteiger partial charge in [0, 0.05) is 29.0 Å². The molecular weight excluding hydrogens is 448 g/mol. The maximum absolute atomic E-state index is 13.2. The average molecular weight is 467 g/mol. The first-order chi connectivity index (χ1) is 15.8. The zero-order valence-electron chi connectivity index (χ0n) is 16.8. The van der Waals surface area contributed by atoms with E-state index < -0.39 is 0 Å². The SMILES string of the molecule is O=C(CSc1nnc(-c2cccnc2)o1)N(Cc1cccs1)c1ccc2c(c1)OCCO2. The smallest absolute Gasteiger partial charge is 0.277 e. The highest BCUT2D eigenvalue weighted by atomic mass is 32.2. The number of rotatable bonds is 7. The van der Waals surface area contributed by atoms with Crippen LogP contribution in [0, 0.1) is 0 Å². The molecule has 4 heterocycles. The van der Waals surface area contributed by atoms with Crippen LogP contribution in [0.3, 0.4) is 0 Å². The molecule has 0 saturated carbocycles. The number of nitrogens with zero attached hydrogens (tertiary/aromatic N) is 4. The second kappa shape index (κ2) is 9.41. The molecule has 3 aromatic heterocycles. The first-order valence-corrected chi connectivity index (χ1v) is 11.7. The number of carbonyl (C=O) groups excluding carboxylic acids is 1. The Kier molecular flexibility index (Phi) is 6.04. The number of hydrogen-bond acceptors (Lipinski definition) is 9. The monoisotopic (exact) mass is 466 g/mol. The van der Waals surface area contributed by atoms with Gasteiger partial charge in [-0.3, -0.25) is 9.78 Å². The summed E-state index contributed by atoms with van der Waals surface area (Å²) in [6, 6.07) is 13.2. The lowest BCUT2D eigenvalue weighted by molar-refractivity contribution is -0.116. The topological polar surface area (TPSA) is 90.6 Å². The van der Waals surface area contributed by atoms with Crippen LogP contribution in [0.15, 0.2) is 69.9 Å². The Morgan fingerprint density at radius 1 is 1.09 bits per heavy atom. The second-order valence-electron chi connectivity index (χ2n) is 6.79. The Hall–Kier alpha value is -3.37. The minimum absolute atomic E-state index is 0.0822. The molecule has 0 saturated heterocycles. The number of benzene rings is 1. The number of fused-ring (bicyclic) bond motifs is 1. The number of pyridine rings is 1. The van der Waals surface area contributed by atoms with Crippen LogP contribution >= 0.6 is 23.1 Å². The molecule has 0 bridgehead atoms. The Bertz CT molecular complexity index is 1200. The van der Waals surface area contributed by atoms with E-state index in [1.807, 2.05) is 41.8 Å². The molecule has 4 aromatic rings. The van der Waals surface area contributed by atoms with Gasteiger partial charge in [0.2, 0.25) is 11.8 Å². The predicted molar refractivity (Wildman–Crippen MR) is 121 cm³/mol. The molecule has 10 heteroatoms. The third kappa shape index (κ3) is 4.61. The van der Waals surface area contributed by atoms with Crippen molar-refractivity contribution in [2.24, 2.45) is 0 Å². The second-order valence-corrected chi connectivity index (χ2v) is 8.75. The van der Waals surface area contributed by atoms with E-state index >= 15 is 0 Å². The van der Waals surface area contributed by atoms with Crippen LogP contribution in [0.25, 0.3) is 11.5 Å². The highest BCUT2D eigenvalue weighted by Crippen LogP contribution is 2.35. The summed E-state index contributed by atoms with van der Waals surface area (Å²) < 4.78 is 17.0. The van der Waals surface area contributed by atoms with E-state index in [2.05, 4.69) is 15.2 Å². The molecule has 0 radical (unpaired) electrons. The number of carbonyl (C=O) groups is 1. The normalized spacial score (nSPS) is 12.5. The summed E-state index contributed by atoms with van der Waals surface area (Å²) in [6.07, 6.45) is 3.33. The van der Waals surface area contributed by atoms with Crippen molar-refractivity contribution >= 4 is 34.7 Å². The first-order valence-electron chi connectivity index (χ1n) is 9.85. The molecule has 0 aliphatic carbocycles. The molecule has 162 valence electrons. The summed E-state index contributed by atoms with van der Waals surface area (Å²) in [5.41, 5.74) is 1.48. The molecule has 32 heavy (non-hydrogen) atoms. The van der Waals surface area contributed by atoms with E-state index in [0.717, 1.165) is 16.1 Å². The van der Waals surface area contributed by atoms with Crippen LogP contribution in [0.2, 0.25) is 0 Å². The van der Waals surface area contributed by atoms with Crippen molar-refractivity contribution in [3.63, 3.8) is 0 Å². The Morgan fingerprint density at radius 2 is 2.00 bits per heavy atom. The number of anilines is 1. The van der Waals surface area contributed by atoms with Gasteiger partial charge in [-0.05, 0) is 35.7 Å². The Morgan fingerprint density at radius 3 is 2.81 bits per heavy atom. The fourth-order valence-electron chi connectivity index (χ4n) is 3.16. The van der Waals surface area contributed by atoms with E-state index in [4.69, 9.17) is 13.9 Å². The summed E-state index contributed by atoms with van der Waals surface area (Å²) in [4.78, 5) is 20.1. The van der Waals surface area contributed by atoms with E-state index in [0.29, 0.717) is 42.4 Å². The molecule has 1 amide bonds. The average Bonchev–Trinajstić information content (AvgIpc) is 3.54. The summed E-state index contributed by atoms with van der Waals surface area (Å²) in [7, 11) is 0. The number of thiophene rings is 1. The maximum Gasteiger partial charge on any atom is 0.277 e. The van der Waals surface area contributed by atoms with Gasteiger partial charge in [-0.25, -0.2) is 0 Å². The van der Waals surface area contributed by atoms with E-state index in [-0.39, 0.29) is 11.7 Å². The number of ether oxygens (including phenoxy) is 2. The van der Waals surface area contributed by atoms with Crippen LogP contribution in [-0.4, -0.2) is 40.1 Å². The minimum atomic E-state index is -0.0822. The largest absolute Gasteiger partial charge is 0.486 e. The van der Waals surface area contributed by atoms with Crippen molar-refractivity contribution < 1.29 is 18.7 Å². The lowest BCUT2D eigenvalue weighted by Gasteiger charge is -2.25. The van der Waals surface area contributed by atoms with Crippen molar-refractivity contribution in [1.29, 1.82) is 0 Å². The predicted octanol–water partition coefficient (Wildman–Crippen LogP) is 4.29. The molecular formula is C22H18N4O4S2. The molecule has 5 rings (SSSR count). The molecule has 0 unspecified atom stereocenters. The quantitative estimate of drug-likeness (QED) is 0.373. The van der Waals surface area contributed by atoms with Crippen molar-refractivity contribution in [3.8, 4) is 23.0 Å². The molecule has 8 nitrogen and oxygen atoms in total. The number of aromatic nitrogens is 3. The summed E-state index contributed by atoms with van der Waals surface area (Å²) in [5.74, 6) is 1.76. The third-order valence-corrected chi connectivity index (χ3v) is 6.33. The van der Waals surface area contributed by atoms with Crippen LogP contribution in [0.1, 0.15) is 4.88 Å². The van der Waals surface area contributed by atoms with Gasteiger partial charge in [-0.1, -0.05) is 17.8 Å². The summed E-state index contributed by atoms with van der Waals surface area (Å²) >= 11 is 2.81. The fraction of sp³-hybridized carbons (Fsp3) is 0.182. The van der Waals surface area contributed by atoms with Crippen LogP contribution in [0.5, 0.6) is 11.5 Å². The third-order valence-electron chi connectivity index (χ3n) is 4.67. The zero-order chi connectivity index (χ0) is 21.8. The highest BCUT2D eigenvalue weighted by Gasteiger charge is 2.21. The van der Waals surface area contributed by atoms with Crippen molar-refractivity contribution in [2.45, 2.75) is 11.8 Å². The number of hydrogen-bond donors (Lipinski definition) is 0. The van der Waals surface area contributed by atoms with E-state index in [1.54, 1.807) is 34.7 Å². The molecule has 0 spiro atoms. The van der Waals surface area contributed by atoms with Gasteiger partial charge in [0.05, 0.1) is 17.9 Å². The first kappa shape index (κ1) is 20.5. The number of amides is 1. The van der Waals surface area contributed by atoms with Crippen molar-refractivity contribution in [3.05, 3.63) is 65.1 Å². The van der Waals surface area contributed by atoms with Gasteiger partial charge >= 0.3 is 0 Å². The standard InChI is InChI=1S/C22H18N4O4S2/c27-20(14-32-22-25-24-21(30-22)15-3-1-7-23-12-15)26(13-17-4-2-10-31-17)16-5-6-18-19(11-16)29-9-8-28-18/h1-7,10-12H,8-9,13-14H2. The summed E-state index contributed by atoms with van der Waals surface area (Å²) in [6.45, 7) is 1.47. The van der Waals surface area contributed by atoms with E-state index in [9.17, 15) is 4.79 Å². The molecule has 0 atom stereocenters. The summed E-state index contributed by atoms with van der Waals surface area (Å²) in [5, 5.41) is 10.4. The Balaban J connectivity index is 1.32. The van der Waals surface area contributed by atoms with E-state index in [1.165, 1.54) is 11.8 Å². The van der Waals surface area contributed by atoms with Gasteiger partial charge in [0.25, 0.3) is 5.22 Å².